The van der Waals surface area contributed by atoms with E-state index in [0.29, 0.717) is 34.8 Å². The van der Waals surface area contributed by atoms with Crippen molar-refractivity contribution >= 4 is 39.3 Å². The Kier molecular flexibility index (Phi) is 6.28. The van der Waals surface area contributed by atoms with Crippen LogP contribution < -0.4 is 4.90 Å². The minimum atomic E-state index is -0.560. The van der Waals surface area contributed by atoms with Crippen LogP contribution in [0.25, 0.3) is 6.08 Å². The first-order valence-corrected chi connectivity index (χ1v) is 10.4. The molecule has 0 unspecified atom stereocenters. The molecule has 1 saturated heterocycles. The van der Waals surface area contributed by atoms with E-state index in [9.17, 15) is 14.9 Å². The minimum Gasteiger partial charge on any atom is -0.460 e. The fraction of sp³-hybridized carbons (Fsp3) is 0.238. The molecule has 160 valence electrons. The summed E-state index contributed by atoms with van der Waals surface area (Å²) in [6, 6.07) is 11.0. The topological polar surface area (TPSA) is 104 Å². The number of aromatic nitrogens is 2. The first kappa shape index (κ1) is 21.0. The monoisotopic (exact) mass is 486 g/mol. The molecular weight excluding hydrogens is 468 g/mol. The van der Waals surface area contributed by atoms with E-state index in [1.807, 2.05) is 24.3 Å². The summed E-state index contributed by atoms with van der Waals surface area (Å²) in [5, 5.41) is 14.8. The van der Waals surface area contributed by atoms with Crippen molar-refractivity contribution in [2.24, 2.45) is 0 Å². The van der Waals surface area contributed by atoms with E-state index in [1.165, 1.54) is 17.0 Å². The largest absolute Gasteiger partial charge is 0.460 e. The van der Waals surface area contributed by atoms with Gasteiger partial charge in [0.05, 0.1) is 24.5 Å². The lowest BCUT2D eigenvalue weighted by Crippen LogP contribution is -2.36. The van der Waals surface area contributed by atoms with Crippen molar-refractivity contribution in [1.29, 1.82) is 0 Å². The highest BCUT2D eigenvalue weighted by Gasteiger charge is 2.19. The number of ketones is 1. The lowest BCUT2D eigenvalue weighted by molar-refractivity contribution is -0.390. The third-order valence-corrected chi connectivity index (χ3v) is 5.36. The smallest absolute Gasteiger partial charge is 0.404 e. The van der Waals surface area contributed by atoms with Gasteiger partial charge in [0.15, 0.2) is 5.78 Å². The molecule has 3 heterocycles. The van der Waals surface area contributed by atoms with Gasteiger partial charge in [-0.3, -0.25) is 4.79 Å². The van der Waals surface area contributed by atoms with Crippen LogP contribution in [0.1, 0.15) is 21.9 Å². The lowest BCUT2D eigenvalue weighted by atomic mass is 10.1. The predicted octanol–water partition coefficient (Wildman–Crippen LogP) is 3.93. The predicted molar refractivity (Wildman–Crippen MR) is 117 cm³/mol. The number of allylic oxidation sites excluding steroid dienone is 1. The minimum absolute atomic E-state index is 0.127. The first-order chi connectivity index (χ1) is 15.0. The van der Waals surface area contributed by atoms with Crippen molar-refractivity contribution in [2.75, 3.05) is 31.2 Å². The van der Waals surface area contributed by atoms with Gasteiger partial charge < -0.3 is 24.2 Å². The second kappa shape index (κ2) is 9.27. The van der Waals surface area contributed by atoms with Crippen LogP contribution in [0, 0.1) is 10.1 Å². The number of nitrogens with zero attached hydrogens (tertiary/aromatic N) is 4. The van der Waals surface area contributed by atoms with Gasteiger partial charge in [-0.25, -0.2) is 0 Å². The molecule has 0 bridgehead atoms. The fourth-order valence-electron chi connectivity index (χ4n) is 3.23. The molecule has 31 heavy (non-hydrogen) atoms. The second-order valence-electron chi connectivity index (χ2n) is 6.90. The molecule has 0 saturated carbocycles. The van der Waals surface area contributed by atoms with Crippen LogP contribution in [0.15, 0.2) is 57.6 Å². The van der Waals surface area contributed by atoms with Crippen LogP contribution in [0.5, 0.6) is 0 Å². The highest BCUT2D eigenvalue weighted by molar-refractivity contribution is 9.10. The first-order valence-electron chi connectivity index (χ1n) is 9.61. The number of furan rings is 1. The molecule has 10 heteroatoms. The van der Waals surface area contributed by atoms with Crippen LogP contribution in [-0.4, -0.2) is 46.8 Å². The van der Waals surface area contributed by atoms with Crippen molar-refractivity contribution in [3.05, 3.63) is 80.3 Å². The van der Waals surface area contributed by atoms with Crippen LogP contribution in [0.2, 0.25) is 0 Å². The van der Waals surface area contributed by atoms with E-state index in [2.05, 4.69) is 25.9 Å². The standard InChI is InChI=1S/C21H19BrN4O5/c22-19-14-25(23-21(19)26(28)29)13-18-6-5-17(31-18)7-8-20(27)15-1-3-16(4-2-15)24-9-11-30-12-10-24/h1-8,14H,9-13H2/b8-7+. The van der Waals surface area contributed by atoms with Gasteiger partial charge in [0.2, 0.25) is 0 Å². The Hall–Kier alpha value is -3.24. The van der Waals surface area contributed by atoms with Gasteiger partial charge in [-0.2, -0.15) is 4.68 Å². The molecule has 1 fully saturated rings. The van der Waals surface area contributed by atoms with Crippen molar-refractivity contribution in [3.8, 4) is 0 Å². The van der Waals surface area contributed by atoms with Crippen molar-refractivity contribution < 1.29 is 18.9 Å². The number of rotatable bonds is 7. The molecule has 9 nitrogen and oxygen atoms in total. The Balaban J connectivity index is 1.37. The van der Waals surface area contributed by atoms with Gasteiger partial charge in [0.1, 0.15) is 22.5 Å². The molecular formula is C21H19BrN4O5. The van der Waals surface area contributed by atoms with Crippen molar-refractivity contribution in [1.82, 2.24) is 9.78 Å². The van der Waals surface area contributed by atoms with Gasteiger partial charge in [-0.05, 0) is 69.4 Å². The highest BCUT2D eigenvalue weighted by atomic mass is 79.9. The van der Waals surface area contributed by atoms with Gasteiger partial charge in [0, 0.05) is 24.3 Å². The number of hydrogen-bond donors (Lipinski definition) is 0. The molecule has 1 aromatic carbocycles. The summed E-state index contributed by atoms with van der Waals surface area (Å²) < 4.78 is 12.8. The maximum Gasteiger partial charge on any atom is 0.404 e. The quantitative estimate of drug-likeness (QED) is 0.215. The van der Waals surface area contributed by atoms with Crippen LogP contribution in [0.3, 0.4) is 0 Å². The number of benzene rings is 1. The molecule has 3 aromatic rings. The molecule has 1 aliphatic rings. The molecule has 0 atom stereocenters. The Morgan fingerprint density at radius 2 is 1.94 bits per heavy atom. The zero-order valence-corrected chi connectivity index (χ0v) is 18.0. The number of ether oxygens (including phenoxy) is 1. The molecule has 0 radical (unpaired) electrons. The van der Waals surface area contributed by atoms with Gasteiger partial charge >= 0.3 is 5.82 Å². The normalized spacial score (nSPS) is 14.3. The van der Waals surface area contributed by atoms with Gasteiger partial charge in [-0.15, -0.1) is 0 Å². The second-order valence-corrected chi connectivity index (χ2v) is 7.76. The highest BCUT2D eigenvalue weighted by Crippen LogP contribution is 2.23. The van der Waals surface area contributed by atoms with Crippen LogP contribution in [-0.2, 0) is 11.3 Å². The summed E-state index contributed by atoms with van der Waals surface area (Å²) in [6.45, 7) is 3.34. The zero-order valence-electron chi connectivity index (χ0n) is 16.4. The maximum absolute atomic E-state index is 12.5. The Morgan fingerprint density at radius 1 is 1.19 bits per heavy atom. The SMILES string of the molecule is O=C(/C=C/c1ccc(Cn2cc(Br)c([N+](=O)[O-])n2)o1)c1ccc(N2CCOCC2)cc1. The average molecular weight is 487 g/mol. The Labute approximate surface area is 186 Å². The summed E-state index contributed by atoms with van der Waals surface area (Å²) in [5.41, 5.74) is 1.67. The van der Waals surface area contributed by atoms with E-state index in [-0.39, 0.29) is 18.1 Å². The summed E-state index contributed by atoms with van der Waals surface area (Å²) >= 11 is 3.11. The summed E-state index contributed by atoms with van der Waals surface area (Å²) in [4.78, 5) is 25.0. The summed E-state index contributed by atoms with van der Waals surface area (Å²) in [6.07, 6.45) is 4.57. The van der Waals surface area contributed by atoms with E-state index in [0.717, 1.165) is 18.8 Å². The lowest BCUT2D eigenvalue weighted by Gasteiger charge is -2.28. The average Bonchev–Trinajstić information content (AvgIpc) is 3.39. The molecule has 0 spiro atoms. The molecule has 0 aliphatic carbocycles. The molecule has 2 aromatic heterocycles. The molecule has 0 N–H and O–H groups in total. The fourth-order valence-corrected chi connectivity index (χ4v) is 3.69. The number of halogens is 1. The van der Waals surface area contributed by atoms with Gasteiger partial charge in [-0.1, -0.05) is 0 Å². The van der Waals surface area contributed by atoms with Gasteiger partial charge in [0.25, 0.3) is 0 Å². The van der Waals surface area contributed by atoms with Crippen molar-refractivity contribution in [2.45, 2.75) is 6.54 Å². The Morgan fingerprint density at radius 3 is 2.61 bits per heavy atom. The summed E-state index contributed by atoms with van der Waals surface area (Å²) in [7, 11) is 0. The molecule has 0 amide bonds. The number of hydrogen-bond acceptors (Lipinski definition) is 7. The zero-order chi connectivity index (χ0) is 21.8. The molecule has 4 rings (SSSR count). The number of carbonyl (C=O) groups excluding carboxylic acids is 1. The number of nitro groups is 1. The number of anilines is 1. The number of morpholine rings is 1. The van der Waals surface area contributed by atoms with Crippen molar-refractivity contribution in [3.63, 3.8) is 0 Å². The van der Waals surface area contributed by atoms with E-state index in [4.69, 9.17) is 9.15 Å². The van der Waals surface area contributed by atoms with E-state index >= 15 is 0 Å². The van der Waals surface area contributed by atoms with Crippen LogP contribution in [0.4, 0.5) is 11.5 Å². The van der Waals surface area contributed by atoms with Crippen LogP contribution >= 0.6 is 15.9 Å². The van der Waals surface area contributed by atoms with E-state index in [1.54, 1.807) is 18.2 Å². The Bertz CT molecular complexity index is 1110. The molecule has 1 aliphatic heterocycles. The van der Waals surface area contributed by atoms with E-state index < -0.39 is 4.92 Å². The number of carbonyl (C=O) groups is 1. The maximum atomic E-state index is 12.5. The third kappa shape index (κ3) is 5.09. The summed E-state index contributed by atoms with van der Waals surface area (Å²) in [5.74, 6) is 0.691. The third-order valence-electron chi connectivity index (χ3n) is 4.80.